The van der Waals surface area contributed by atoms with Gasteiger partial charge in [0.05, 0.1) is 0 Å². The Hall–Kier alpha value is 1.70. The van der Waals surface area contributed by atoms with Crippen molar-refractivity contribution < 1.29 is 5.11 Å². The number of hydrogen-bond acceptors (Lipinski definition) is 1. The van der Waals surface area contributed by atoms with Crippen LogP contribution in [0.5, 0.6) is 0 Å². The molecule has 7 heavy (non-hydrogen) atoms. The number of hydrogen-bond donors (Lipinski definition) is 1. The molecule has 0 saturated carbocycles. The first-order valence-electron chi connectivity index (χ1n) is 1.02. The summed E-state index contributed by atoms with van der Waals surface area (Å²) in [4.78, 5) is 0. The zero-order valence-electron chi connectivity index (χ0n) is 3.38. The van der Waals surface area contributed by atoms with Crippen molar-refractivity contribution in [1.82, 2.24) is 0 Å². The summed E-state index contributed by atoms with van der Waals surface area (Å²) < 4.78 is 0. The molecule has 0 spiro atoms. The molecule has 0 aromatic carbocycles. The van der Waals surface area contributed by atoms with Crippen molar-refractivity contribution in [2.45, 2.75) is 6.92 Å². The van der Waals surface area contributed by atoms with Gasteiger partial charge in [-0.2, -0.15) is 0 Å². The second-order valence-electron chi connectivity index (χ2n) is 0.316. The van der Waals surface area contributed by atoms with Crippen LogP contribution in [-0.4, -0.2) is 37.6 Å². The van der Waals surface area contributed by atoms with Crippen LogP contribution in [0.25, 0.3) is 0 Å². The topological polar surface area (TPSA) is 20.2 Å². The molecule has 0 radical (unpaired) electrons. The van der Waals surface area contributed by atoms with Crippen LogP contribution in [0.15, 0.2) is 0 Å². The summed E-state index contributed by atoms with van der Waals surface area (Å²) in [6.07, 6.45) is 0. The van der Waals surface area contributed by atoms with Gasteiger partial charge in [-0.05, 0) is 6.92 Å². The summed E-state index contributed by atoms with van der Waals surface area (Å²) >= 11 is 0. The average molecular weight is 273 g/mol. The summed E-state index contributed by atoms with van der Waals surface area (Å²) in [5.74, 6) is 0. The van der Waals surface area contributed by atoms with E-state index in [0.29, 0.717) is 0 Å². The average Bonchev–Trinajstić information content (AvgIpc) is 0.918. The second-order valence-corrected chi connectivity index (χ2v) is 0.316. The Bertz CT molecular complexity index is 12.9. The Morgan fingerprint density at radius 2 is 1.14 bits per heavy atom. The molecule has 0 aromatic heterocycles. The molecule has 0 saturated heterocycles. The van der Waals surface area contributed by atoms with E-state index in [9.17, 15) is 0 Å². The van der Waals surface area contributed by atoms with Gasteiger partial charge in [0.1, 0.15) is 0 Å². The number of rotatable bonds is 0. The molecule has 0 unspecified atom stereocenters. The zero-order valence-corrected chi connectivity index (χ0v) is 5.83. The van der Waals surface area contributed by atoms with Gasteiger partial charge in [0.15, 0.2) is 0 Å². The van der Waals surface area contributed by atoms with E-state index >= 15 is 0 Å². The van der Waals surface area contributed by atoms with Crippen LogP contribution in [0.1, 0.15) is 6.92 Å². The Kier molecular flexibility index (Phi) is 255. The van der Waals surface area contributed by atoms with Gasteiger partial charge in [-0.1, -0.05) is 0 Å². The molecule has 0 aromatic rings. The van der Waals surface area contributed by atoms with E-state index in [1.807, 2.05) is 0 Å². The van der Waals surface area contributed by atoms with Crippen molar-refractivity contribution in [3.8, 4) is 0 Å². The first-order chi connectivity index (χ1) is 1.41. The molecule has 0 bridgehead atoms. The van der Waals surface area contributed by atoms with Crippen LogP contribution in [0.4, 0.5) is 0 Å². The van der Waals surface area contributed by atoms with Crippen molar-refractivity contribution in [3.63, 3.8) is 0 Å². The maximum absolute atomic E-state index is 7.57. The first-order valence-corrected chi connectivity index (χ1v) is 1.02. The molecule has 0 rings (SSSR count). The third-order valence-electron chi connectivity index (χ3n) is 0. The van der Waals surface area contributed by atoms with Crippen LogP contribution >= 0.6 is 37.2 Å². The minimum absolute atomic E-state index is 0. The van der Waals surface area contributed by atoms with E-state index in [0.717, 1.165) is 0 Å². The SMILES string of the molecule is CCO.Cl.Cl.Cl.[InH3]. The molecule has 0 amide bonds. The van der Waals surface area contributed by atoms with Gasteiger partial charge >= 0.3 is 25.8 Å². The summed E-state index contributed by atoms with van der Waals surface area (Å²) in [6, 6.07) is 0. The molecular weight excluding hydrogens is 261 g/mol. The van der Waals surface area contributed by atoms with Crippen LogP contribution in [-0.2, 0) is 0 Å². The Balaban J connectivity index is -0.00000000333. The normalized spacial score (nSPS) is 2.57. The van der Waals surface area contributed by atoms with Crippen LogP contribution in [0.2, 0.25) is 0 Å². The van der Waals surface area contributed by atoms with Gasteiger partial charge < -0.3 is 5.11 Å². The molecule has 5 heteroatoms. The van der Waals surface area contributed by atoms with E-state index in [1.54, 1.807) is 6.92 Å². The van der Waals surface area contributed by atoms with E-state index in [2.05, 4.69) is 0 Å². The van der Waals surface area contributed by atoms with Crippen molar-refractivity contribution in [1.29, 1.82) is 0 Å². The van der Waals surface area contributed by atoms with E-state index in [4.69, 9.17) is 5.11 Å². The fourth-order valence-corrected chi connectivity index (χ4v) is 0. The Morgan fingerprint density at radius 3 is 1.14 bits per heavy atom. The van der Waals surface area contributed by atoms with Crippen LogP contribution in [0.3, 0.4) is 0 Å². The van der Waals surface area contributed by atoms with Crippen molar-refractivity contribution in [2.24, 2.45) is 0 Å². The molecule has 0 aliphatic heterocycles. The van der Waals surface area contributed by atoms with Crippen LogP contribution < -0.4 is 0 Å². The summed E-state index contributed by atoms with van der Waals surface area (Å²) in [7, 11) is 0. The van der Waals surface area contributed by atoms with Gasteiger partial charge in [-0.25, -0.2) is 0 Å². The standard InChI is InChI=1S/C2H6O.3ClH.In.3H/c1-2-3;;;;;;;/h3H,2H2,1H3;3*1H;;;;. The number of aliphatic hydroxyl groups excluding tert-OH is 1. The van der Waals surface area contributed by atoms with Gasteiger partial charge in [0.2, 0.25) is 0 Å². The van der Waals surface area contributed by atoms with Gasteiger partial charge in [0, 0.05) is 6.61 Å². The predicted octanol–water partition coefficient (Wildman–Crippen LogP) is 0.0801. The first kappa shape index (κ1) is 37.7. The zero-order chi connectivity index (χ0) is 2.71. The van der Waals surface area contributed by atoms with E-state index in [-0.39, 0.29) is 69.7 Å². The second kappa shape index (κ2) is 47.4. The number of halogens is 3. The molecule has 0 aliphatic carbocycles. The molecule has 1 nitrogen and oxygen atoms in total. The Labute approximate surface area is 81.3 Å². The maximum atomic E-state index is 7.57. The quantitative estimate of drug-likeness (QED) is 0.663. The predicted molar refractivity (Wildman–Crippen MR) is 44.4 cm³/mol. The van der Waals surface area contributed by atoms with E-state index in [1.165, 1.54) is 0 Å². The summed E-state index contributed by atoms with van der Waals surface area (Å²) in [5, 5.41) is 7.57. The fourth-order valence-electron chi connectivity index (χ4n) is 0. The third-order valence-corrected chi connectivity index (χ3v) is 0. The molecule has 50 valence electrons. The van der Waals surface area contributed by atoms with Gasteiger partial charge in [-0.15, -0.1) is 37.2 Å². The molecule has 0 fully saturated rings. The van der Waals surface area contributed by atoms with Gasteiger partial charge in [0.25, 0.3) is 0 Å². The van der Waals surface area contributed by atoms with Crippen LogP contribution in [0, 0.1) is 0 Å². The van der Waals surface area contributed by atoms with E-state index < -0.39 is 0 Å². The minimum atomic E-state index is 0. The fraction of sp³-hybridized carbons (Fsp3) is 1.00. The van der Waals surface area contributed by atoms with Crippen molar-refractivity contribution in [2.75, 3.05) is 6.61 Å². The number of aliphatic hydroxyl groups is 1. The monoisotopic (exact) mass is 272 g/mol. The summed E-state index contributed by atoms with van der Waals surface area (Å²) in [5.41, 5.74) is 0. The molecule has 0 heterocycles. The van der Waals surface area contributed by atoms with Crippen molar-refractivity contribution in [3.05, 3.63) is 0 Å². The molecule has 0 atom stereocenters. The summed E-state index contributed by atoms with van der Waals surface area (Å²) in [6.45, 7) is 1.93. The molecular formula is C2H12Cl3InO. The molecule has 1 N–H and O–H groups in total. The molecule has 0 aliphatic rings. The third kappa shape index (κ3) is 86.6. The van der Waals surface area contributed by atoms with Gasteiger partial charge in [-0.3, -0.25) is 0 Å². The van der Waals surface area contributed by atoms with Crippen molar-refractivity contribution >= 4 is 63.1 Å². The Morgan fingerprint density at radius 1 is 1.14 bits per heavy atom.